The van der Waals surface area contributed by atoms with E-state index in [0.29, 0.717) is 5.92 Å². The number of hydrogen-bond acceptors (Lipinski definition) is 1. The molecule has 1 aromatic rings. The van der Waals surface area contributed by atoms with Crippen LogP contribution in [0.3, 0.4) is 0 Å². The molecule has 18 heavy (non-hydrogen) atoms. The molecule has 0 amide bonds. The lowest BCUT2D eigenvalue weighted by Crippen LogP contribution is -2.43. The summed E-state index contributed by atoms with van der Waals surface area (Å²) in [5.74, 6) is 2.50. The molecule has 2 rings (SSSR count). The molecule has 0 heterocycles. The Bertz CT molecular complexity index is 338. The van der Waals surface area contributed by atoms with Crippen LogP contribution in [-0.2, 0) is 0 Å². The van der Waals surface area contributed by atoms with Crippen LogP contribution in [0.15, 0.2) is 30.3 Å². The fourth-order valence-electron chi connectivity index (χ4n) is 2.83. The second kappa shape index (κ2) is 6.38. The molecule has 1 N–H and O–H groups in total. The van der Waals surface area contributed by atoms with Gasteiger partial charge < -0.3 is 5.32 Å². The van der Waals surface area contributed by atoms with Crippen LogP contribution in [0.2, 0.25) is 0 Å². The van der Waals surface area contributed by atoms with Crippen molar-refractivity contribution >= 4 is 0 Å². The summed E-state index contributed by atoms with van der Waals surface area (Å²) in [6.07, 6.45) is 4.02. The fraction of sp³-hybridized carbons (Fsp3) is 0.647. The summed E-state index contributed by atoms with van der Waals surface area (Å²) in [6, 6.07) is 11.6. The Morgan fingerprint density at radius 1 is 1.11 bits per heavy atom. The van der Waals surface area contributed by atoms with Gasteiger partial charge >= 0.3 is 0 Å². The minimum absolute atomic E-state index is 0.666. The lowest BCUT2D eigenvalue weighted by Gasteiger charge is -2.38. The zero-order chi connectivity index (χ0) is 13.0. The topological polar surface area (TPSA) is 12.0 Å². The third-order valence-electron chi connectivity index (χ3n) is 4.50. The summed E-state index contributed by atoms with van der Waals surface area (Å²) in [4.78, 5) is 0. The summed E-state index contributed by atoms with van der Waals surface area (Å²) >= 11 is 0. The second-order valence-electron chi connectivity index (χ2n) is 6.23. The van der Waals surface area contributed by atoms with E-state index >= 15 is 0 Å². The Morgan fingerprint density at radius 2 is 1.78 bits per heavy atom. The molecule has 1 unspecified atom stereocenters. The van der Waals surface area contributed by atoms with E-state index in [1.54, 1.807) is 0 Å². The van der Waals surface area contributed by atoms with Crippen LogP contribution < -0.4 is 5.32 Å². The molecule has 0 bridgehead atoms. The molecular formula is C17H27N. The maximum absolute atomic E-state index is 3.70. The van der Waals surface area contributed by atoms with Gasteiger partial charge in [-0.3, -0.25) is 0 Å². The highest BCUT2D eigenvalue weighted by atomic mass is 14.9. The zero-order valence-electron chi connectivity index (χ0n) is 12.0. The van der Waals surface area contributed by atoms with Gasteiger partial charge in [-0.2, -0.15) is 0 Å². The van der Waals surface area contributed by atoms with E-state index in [4.69, 9.17) is 0 Å². The molecule has 1 heteroatoms. The molecule has 0 spiro atoms. The molecule has 1 saturated carbocycles. The van der Waals surface area contributed by atoms with Gasteiger partial charge in [0.15, 0.2) is 0 Å². The standard InChI is InChI=1S/C17H27N/c1-13(2)16-11-17(12-16)18-10-9-14(3)15-7-5-4-6-8-15/h4-8,13-14,16-18H,9-12H2,1-3H3. The van der Waals surface area contributed by atoms with E-state index in [2.05, 4.69) is 56.4 Å². The smallest absolute Gasteiger partial charge is 0.00725 e. The molecule has 0 aromatic heterocycles. The molecule has 0 radical (unpaired) electrons. The first-order valence-corrected chi connectivity index (χ1v) is 7.45. The largest absolute Gasteiger partial charge is 0.314 e. The van der Waals surface area contributed by atoms with Gasteiger partial charge in [0, 0.05) is 6.04 Å². The summed E-state index contributed by atoms with van der Waals surface area (Å²) < 4.78 is 0. The normalized spacial score (nSPS) is 24.9. The SMILES string of the molecule is CC(CCNC1CC(C(C)C)C1)c1ccccc1. The zero-order valence-corrected chi connectivity index (χ0v) is 12.0. The highest BCUT2D eigenvalue weighted by Crippen LogP contribution is 2.33. The molecule has 1 fully saturated rings. The van der Waals surface area contributed by atoms with Crippen LogP contribution in [0.4, 0.5) is 0 Å². The van der Waals surface area contributed by atoms with Crippen molar-refractivity contribution < 1.29 is 0 Å². The molecule has 1 aliphatic rings. The Hall–Kier alpha value is -0.820. The highest BCUT2D eigenvalue weighted by molar-refractivity contribution is 5.18. The predicted molar refractivity (Wildman–Crippen MR) is 78.8 cm³/mol. The van der Waals surface area contributed by atoms with Crippen LogP contribution >= 0.6 is 0 Å². The summed E-state index contributed by atoms with van der Waals surface area (Å²) in [5, 5.41) is 3.70. The first-order chi connectivity index (χ1) is 8.66. The average molecular weight is 245 g/mol. The Kier molecular flexibility index (Phi) is 4.82. The van der Waals surface area contributed by atoms with E-state index in [1.165, 1.54) is 24.8 Å². The molecular weight excluding hydrogens is 218 g/mol. The van der Waals surface area contributed by atoms with E-state index in [-0.39, 0.29) is 0 Å². The van der Waals surface area contributed by atoms with Crippen molar-refractivity contribution in [3.8, 4) is 0 Å². The second-order valence-corrected chi connectivity index (χ2v) is 6.23. The fourth-order valence-corrected chi connectivity index (χ4v) is 2.83. The predicted octanol–water partition coefficient (Wildman–Crippen LogP) is 4.20. The van der Waals surface area contributed by atoms with Gasteiger partial charge in [-0.1, -0.05) is 51.1 Å². The van der Waals surface area contributed by atoms with E-state index in [9.17, 15) is 0 Å². The lowest BCUT2D eigenvalue weighted by molar-refractivity contribution is 0.168. The minimum Gasteiger partial charge on any atom is -0.314 e. The average Bonchev–Trinajstić information content (AvgIpc) is 2.32. The quantitative estimate of drug-likeness (QED) is 0.792. The monoisotopic (exact) mass is 245 g/mol. The molecule has 0 saturated heterocycles. The van der Waals surface area contributed by atoms with Gasteiger partial charge in [-0.15, -0.1) is 0 Å². The van der Waals surface area contributed by atoms with Crippen molar-refractivity contribution in [2.45, 2.75) is 52.0 Å². The van der Waals surface area contributed by atoms with E-state index in [0.717, 1.165) is 24.4 Å². The number of benzene rings is 1. The number of rotatable bonds is 6. The van der Waals surface area contributed by atoms with Crippen molar-refractivity contribution in [3.05, 3.63) is 35.9 Å². The van der Waals surface area contributed by atoms with Gasteiger partial charge in [-0.25, -0.2) is 0 Å². The van der Waals surface area contributed by atoms with Crippen LogP contribution in [0.5, 0.6) is 0 Å². The van der Waals surface area contributed by atoms with Crippen molar-refractivity contribution in [1.29, 1.82) is 0 Å². The van der Waals surface area contributed by atoms with E-state index < -0.39 is 0 Å². The van der Waals surface area contributed by atoms with Crippen LogP contribution in [0.1, 0.15) is 51.5 Å². The number of hydrogen-bond donors (Lipinski definition) is 1. The van der Waals surface area contributed by atoms with Gasteiger partial charge in [-0.05, 0) is 49.1 Å². The van der Waals surface area contributed by atoms with Crippen molar-refractivity contribution in [1.82, 2.24) is 5.32 Å². The first kappa shape index (κ1) is 13.6. The molecule has 1 nitrogen and oxygen atoms in total. The van der Waals surface area contributed by atoms with Crippen LogP contribution in [0, 0.1) is 11.8 Å². The van der Waals surface area contributed by atoms with Gasteiger partial charge in [0.1, 0.15) is 0 Å². The third-order valence-corrected chi connectivity index (χ3v) is 4.50. The maximum Gasteiger partial charge on any atom is 0.00725 e. The van der Waals surface area contributed by atoms with Crippen molar-refractivity contribution in [3.63, 3.8) is 0 Å². The van der Waals surface area contributed by atoms with Gasteiger partial charge in [0.25, 0.3) is 0 Å². The van der Waals surface area contributed by atoms with Crippen molar-refractivity contribution in [2.75, 3.05) is 6.54 Å². The summed E-state index contributed by atoms with van der Waals surface area (Å²) in [7, 11) is 0. The minimum atomic E-state index is 0.666. The number of nitrogens with one attached hydrogen (secondary N) is 1. The summed E-state index contributed by atoms with van der Waals surface area (Å²) in [6.45, 7) is 8.18. The van der Waals surface area contributed by atoms with Crippen molar-refractivity contribution in [2.24, 2.45) is 11.8 Å². The Balaban J connectivity index is 1.62. The molecule has 1 atom stereocenters. The molecule has 1 aromatic carbocycles. The Morgan fingerprint density at radius 3 is 2.39 bits per heavy atom. The molecule has 0 aliphatic heterocycles. The third kappa shape index (κ3) is 3.58. The maximum atomic E-state index is 3.70. The Labute approximate surface area is 112 Å². The van der Waals surface area contributed by atoms with Gasteiger partial charge in [0.2, 0.25) is 0 Å². The molecule has 1 aliphatic carbocycles. The van der Waals surface area contributed by atoms with E-state index in [1.807, 2.05) is 0 Å². The van der Waals surface area contributed by atoms with Crippen LogP contribution in [-0.4, -0.2) is 12.6 Å². The molecule has 100 valence electrons. The summed E-state index contributed by atoms with van der Waals surface area (Å²) in [5.41, 5.74) is 1.47. The highest BCUT2D eigenvalue weighted by Gasteiger charge is 2.30. The lowest BCUT2D eigenvalue weighted by atomic mass is 9.73. The van der Waals surface area contributed by atoms with Gasteiger partial charge in [0.05, 0.1) is 0 Å². The van der Waals surface area contributed by atoms with Crippen LogP contribution in [0.25, 0.3) is 0 Å². The first-order valence-electron chi connectivity index (χ1n) is 7.45.